The molecule has 1 heterocycles. The number of carbonyl (C=O) groups excluding carboxylic acids is 17. The lowest BCUT2D eigenvalue weighted by molar-refractivity contribution is -0.142. The molecule has 0 aliphatic carbocycles. The zero-order chi connectivity index (χ0) is 101. The Morgan fingerprint density at radius 3 is 1.12 bits per heavy atom. The van der Waals surface area contributed by atoms with Crippen LogP contribution in [-0.2, 0) is 118 Å². The number of carboxylic acids is 1. The summed E-state index contributed by atoms with van der Waals surface area (Å²) in [6.45, 7) is 20.7. The van der Waals surface area contributed by atoms with E-state index in [-0.39, 0.29) is 87.8 Å². The first-order chi connectivity index (χ1) is 64.8. The number of hydrogen-bond donors (Lipinski definition) is 20. The number of benzene rings is 5. The average Bonchev–Trinajstić information content (AvgIpc) is 1.73. The van der Waals surface area contributed by atoms with Crippen LogP contribution in [0.4, 0.5) is 0 Å². The van der Waals surface area contributed by atoms with Gasteiger partial charge in [0.25, 0.3) is 0 Å². The van der Waals surface area contributed by atoms with E-state index in [0.29, 0.717) is 40.7 Å². The number of aliphatic hydroxyl groups is 1. The topological polar surface area (TPSA) is 590 Å². The fourth-order valence-corrected chi connectivity index (χ4v) is 15.0. The minimum absolute atomic E-state index is 0.0225. The first-order valence-electron chi connectivity index (χ1n) is 46.5. The van der Waals surface area contributed by atoms with Crippen LogP contribution in [0.25, 0.3) is 0 Å². The maximum Gasteiger partial charge on any atom is 0.326 e. The second-order valence-corrected chi connectivity index (χ2v) is 36.4. The van der Waals surface area contributed by atoms with Crippen molar-refractivity contribution in [2.45, 2.75) is 264 Å². The highest BCUT2D eigenvalue weighted by molar-refractivity contribution is 6.01. The van der Waals surface area contributed by atoms with Gasteiger partial charge in [-0.15, -0.1) is 0 Å². The molecule has 746 valence electrons. The number of carbonyl (C=O) groups is 18. The van der Waals surface area contributed by atoms with Gasteiger partial charge in [0.15, 0.2) is 0 Å². The number of aliphatic hydroxyl groups excluding tert-OH is 1. The largest absolute Gasteiger partial charge is 0.508 e. The van der Waals surface area contributed by atoms with E-state index >= 15 is 0 Å². The molecule has 0 saturated carbocycles. The Balaban J connectivity index is 1.08. The van der Waals surface area contributed by atoms with E-state index in [4.69, 9.17) is 5.73 Å². The van der Waals surface area contributed by atoms with Gasteiger partial charge in [-0.25, -0.2) is 4.79 Å². The maximum atomic E-state index is 14.8. The molecule has 0 unspecified atom stereocenters. The van der Waals surface area contributed by atoms with E-state index in [0.717, 1.165) is 0 Å². The SMILES string of the molecule is CC[C@H](C)[C@H](NC(=O)[C@@H](NC(=O)[C@H](CC(C)C)NC(=O)[C@H](CO)NC(=O)[C@H](Cc1ccccc1)NC(=O)[C@H](Cc1ccccc1)NC(=O)[C@H](C)NC(=O)[C@@H]1CCCN1C(=O)[C@H](CC(C)C)NC(=O)[C@H](C)N)C(C)C)C(=O)NCC(=O)N[C@@H](Cc1ccccc1)C(=O)N[C@@H](C)C(=O)N[C@@H](Cc1ccccc1)C(=O)NCC(=O)N[C@@H](C)C(=O)N[C@@H](CC(C)C)C(=O)N[C@@H](Cc1ccc(O)cc1)C(=O)O. The zero-order valence-electron chi connectivity index (χ0n) is 80.3. The normalized spacial score (nSPS) is 15.9. The van der Waals surface area contributed by atoms with Crippen molar-refractivity contribution in [2.24, 2.45) is 35.3 Å². The summed E-state index contributed by atoms with van der Waals surface area (Å²) in [5.41, 5.74) is 8.59. The van der Waals surface area contributed by atoms with Gasteiger partial charge < -0.3 is 111 Å². The number of amides is 17. The molecular formula is C98H138N18O21. The quantitative estimate of drug-likeness (QED) is 0.0248. The molecule has 39 nitrogen and oxygen atoms in total. The van der Waals surface area contributed by atoms with Crippen molar-refractivity contribution in [3.05, 3.63) is 173 Å². The highest BCUT2D eigenvalue weighted by Crippen LogP contribution is 2.23. The Morgan fingerprint density at radius 2 is 0.686 bits per heavy atom. The molecular weight excluding hydrogens is 1770 g/mol. The molecule has 1 aliphatic rings. The average molecular weight is 1900 g/mol. The molecule has 17 atom stereocenters. The molecule has 5 aromatic carbocycles. The smallest absolute Gasteiger partial charge is 0.326 e. The molecule has 1 fully saturated rings. The lowest BCUT2D eigenvalue weighted by Crippen LogP contribution is -2.62. The third-order valence-electron chi connectivity index (χ3n) is 22.9. The van der Waals surface area contributed by atoms with Crippen molar-refractivity contribution in [1.29, 1.82) is 0 Å². The van der Waals surface area contributed by atoms with Gasteiger partial charge in [0, 0.05) is 38.6 Å². The molecule has 5 aromatic rings. The molecule has 21 N–H and O–H groups in total. The number of nitrogens with one attached hydrogen (secondary N) is 16. The van der Waals surface area contributed by atoms with Crippen LogP contribution < -0.4 is 90.8 Å². The summed E-state index contributed by atoms with van der Waals surface area (Å²) in [4.78, 5) is 253. The van der Waals surface area contributed by atoms with E-state index in [2.05, 4.69) is 85.1 Å². The molecule has 0 radical (unpaired) electrons. The summed E-state index contributed by atoms with van der Waals surface area (Å²) in [6.07, 6.45) is 0.606. The van der Waals surface area contributed by atoms with Crippen molar-refractivity contribution < 1.29 is 102 Å². The van der Waals surface area contributed by atoms with Gasteiger partial charge >= 0.3 is 5.97 Å². The van der Waals surface area contributed by atoms with Gasteiger partial charge in [0.05, 0.1) is 25.7 Å². The third-order valence-corrected chi connectivity index (χ3v) is 22.9. The van der Waals surface area contributed by atoms with Crippen molar-refractivity contribution in [3.8, 4) is 5.75 Å². The molecule has 6 rings (SSSR count). The minimum atomic E-state index is -1.77. The molecule has 1 aliphatic heterocycles. The van der Waals surface area contributed by atoms with Crippen LogP contribution in [0, 0.1) is 29.6 Å². The van der Waals surface area contributed by atoms with Crippen molar-refractivity contribution in [2.75, 3.05) is 26.2 Å². The van der Waals surface area contributed by atoms with Crippen LogP contribution >= 0.6 is 0 Å². The molecule has 0 spiro atoms. The second-order valence-electron chi connectivity index (χ2n) is 36.4. The second kappa shape index (κ2) is 56.0. The number of phenolic OH excluding ortho intramolecular Hbond substituents is 1. The van der Waals surface area contributed by atoms with E-state index in [1.54, 1.807) is 177 Å². The number of phenols is 1. The summed E-state index contributed by atoms with van der Waals surface area (Å²) in [6, 6.07) is 18.6. The number of likely N-dealkylation sites (tertiary alicyclic amines) is 1. The van der Waals surface area contributed by atoms with Gasteiger partial charge in [0.1, 0.15) is 96.4 Å². The summed E-state index contributed by atoms with van der Waals surface area (Å²) in [5, 5.41) is 72.2. The van der Waals surface area contributed by atoms with Gasteiger partial charge in [-0.1, -0.05) is 209 Å². The first kappa shape index (κ1) is 112. The van der Waals surface area contributed by atoms with Crippen molar-refractivity contribution in [1.82, 2.24) is 90.0 Å². The Kier molecular flexibility index (Phi) is 45.8. The van der Waals surface area contributed by atoms with Gasteiger partial charge in [0.2, 0.25) is 100 Å². The van der Waals surface area contributed by atoms with Gasteiger partial charge in [-0.2, -0.15) is 0 Å². The molecule has 39 heteroatoms. The number of aliphatic carboxylic acids is 1. The molecule has 0 aromatic heterocycles. The van der Waals surface area contributed by atoms with Crippen LogP contribution in [-0.4, -0.2) is 250 Å². The van der Waals surface area contributed by atoms with Gasteiger partial charge in [-0.3, -0.25) is 81.5 Å². The number of aromatic hydroxyl groups is 1. The minimum Gasteiger partial charge on any atom is -0.508 e. The monoisotopic (exact) mass is 1900 g/mol. The summed E-state index contributed by atoms with van der Waals surface area (Å²) in [5.74, 6) is -17.1. The Bertz CT molecular complexity index is 4900. The van der Waals surface area contributed by atoms with E-state index in [9.17, 15) is 102 Å². The zero-order valence-corrected chi connectivity index (χ0v) is 80.3. The Labute approximate surface area is 799 Å². The Morgan fingerprint density at radius 1 is 0.350 bits per heavy atom. The number of nitrogens with zero attached hydrogens (tertiary/aromatic N) is 1. The lowest BCUT2D eigenvalue weighted by Gasteiger charge is -2.30. The van der Waals surface area contributed by atoms with Crippen LogP contribution in [0.1, 0.15) is 163 Å². The number of rotatable bonds is 54. The highest BCUT2D eigenvalue weighted by Gasteiger charge is 2.42. The van der Waals surface area contributed by atoms with Crippen molar-refractivity contribution >= 4 is 106 Å². The van der Waals surface area contributed by atoms with Crippen LogP contribution in [0.5, 0.6) is 5.75 Å². The van der Waals surface area contributed by atoms with Crippen molar-refractivity contribution in [3.63, 3.8) is 0 Å². The number of hydrogen-bond acceptors (Lipinski definition) is 21. The third kappa shape index (κ3) is 37.8. The molecule has 1 saturated heterocycles. The number of nitrogens with two attached hydrogens (primary N) is 1. The van der Waals surface area contributed by atoms with E-state index in [1.807, 2.05) is 13.8 Å². The maximum absolute atomic E-state index is 14.8. The first-order valence-corrected chi connectivity index (χ1v) is 46.5. The predicted molar refractivity (Wildman–Crippen MR) is 508 cm³/mol. The van der Waals surface area contributed by atoms with Crippen LogP contribution in [0.3, 0.4) is 0 Å². The summed E-state index contributed by atoms with van der Waals surface area (Å²) < 4.78 is 0. The predicted octanol–water partition coefficient (Wildman–Crippen LogP) is 0.240. The van der Waals surface area contributed by atoms with Gasteiger partial charge in [-0.05, 0) is 129 Å². The van der Waals surface area contributed by atoms with Crippen LogP contribution in [0.2, 0.25) is 0 Å². The molecule has 0 bridgehead atoms. The van der Waals surface area contributed by atoms with E-state index in [1.165, 1.54) is 56.9 Å². The summed E-state index contributed by atoms with van der Waals surface area (Å²) in [7, 11) is 0. The number of carboxylic acid groups (broad SMARTS) is 1. The summed E-state index contributed by atoms with van der Waals surface area (Å²) >= 11 is 0. The lowest BCUT2D eigenvalue weighted by atomic mass is 9.96. The standard InChI is InChI=1S/C98H138N18O21/c1-15-58(10)82(95(133)101-52-80(120)105-72(47-64-31-22-17-23-32-64)88(126)103-61(13)85(123)107-71(46-63-29-20-16-21-30-63)87(125)100-51-79(119)102-60(12)84(122)106-69(43-54(2)3)89(127)112-76(98(136)137)50-67-38-40-68(118)41-39-67)115-96(134)81(57(8)9)114-92(130)70(44-55(4)5)109-93(131)77(53-117)113-91(129)74(49-66-35-26-19-27-36-66)110-90(128)73(48-65-33-24-18-25-34-65)108-86(124)62(14)104-94(132)78-37-28-42-116(78)97(135)75(45-56(6)7)111-83(121)59(11)99/h16-27,29-36,38-41,54-62,69-78,81-82,117-118H,15,28,37,42-53,99H2,1-14H3,(H,100,125)(H,101,133)(H,102,119)(H,103,126)(H,104,132)(H,105,120)(H,106,122)(H,107,123)(H,108,124)(H,109,131)(H,110,128)(H,111,121)(H,112,127)(H,113,129)(H,114,130)(H,115,134)(H,136,137)/t58-,59-,60-,61-,62-,69-,70-,71-,72-,73-,74-,75-,76-,77-,78-,81-,82-/m0/s1. The molecule has 137 heavy (non-hydrogen) atoms. The van der Waals surface area contributed by atoms with E-state index < -0.39 is 235 Å². The van der Waals surface area contributed by atoms with Crippen LogP contribution in [0.15, 0.2) is 146 Å². The Hall–Kier alpha value is -13.7. The highest BCUT2D eigenvalue weighted by atomic mass is 16.4. The molecule has 17 amide bonds. The fraction of sp³-hybridized carbons (Fsp3) is 0.510. The fourth-order valence-electron chi connectivity index (χ4n) is 15.0.